The van der Waals surface area contributed by atoms with Gasteiger partial charge in [0.25, 0.3) is 5.91 Å². The highest BCUT2D eigenvalue weighted by atomic mass is 19.1. The average Bonchev–Trinajstić information content (AvgIpc) is 2.71. The van der Waals surface area contributed by atoms with Gasteiger partial charge in [0.2, 0.25) is 5.91 Å². The van der Waals surface area contributed by atoms with Crippen molar-refractivity contribution in [1.82, 2.24) is 10.6 Å². The van der Waals surface area contributed by atoms with Crippen molar-refractivity contribution in [1.29, 1.82) is 0 Å². The Hall–Kier alpha value is -3.74. The average molecular weight is 394 g/mol. The third kappa shape index (κ3) is 5.16. The van der Waals surface area contributed by atoms with Gasteiger partial charge in [0.15, 0.2) is 0 Å². The molecule has 2 amide bonds. The molecule has 0 aliphatic carbocycles. The Labute approximate surface area is 166 Å². The van der Waals surface area contributed by atoms with E-state index in [0.29, 0.717) is 5.56 Å². The zero-order chi connectivity index (χ0) is 20.8. The number of hydrogen-bond donors (Lipinski definition) is 3. The second-order valence-corrected chi connectivity index (χ2v) is 6.46. The van der Waals surface area contributed by atoms with Gasteiger partial charge in [-0.25, -0.2) is 9.18 Å². The number of aromatic carboxylic acids is 1. The van der Waals surface area contributed by atoms with E-state index < -0.39 is 11.9 Å². The molecule has 0 spiro atoms. The van der Waals surface area contributed by atoms with E-state index in [-0.39, 0.29) is 42.4 Å². The summed E-state index contributed by atoms with van der Waals surface area (Å²) < 4.78 is 12.9. The molecule has 0 bridgehead atoms. The van der Waals surface area contributed by atoms with Crippen LogP contribution >= 0.6 is 0 Å². The van der Waals surface area contributed by atoms with Gasteiger partial charge >= 0.3 is 5.97 Å². The number of benzene rings is 3. The highest BCUT2D eigenvalue weighted by Gasteiger charge is 2.17. The number of carboxylic acid groups (broad SMARTS) is 1. The molecule has 0 aliphatic rings. The quantitative estimate of drug-likeness (QED) is 0.537. The lowest BCUT2D eigenvalue weighted by Gasteiger charge is -2.10. The summed E-state index contributed by atoms with van der Waals surface area (Å²) in [6.07, 6.45) is 0.0993. The van der Waals surface area contributed by atoms with Crippen LogP contribution in [-0.2, 0) is 11.2 Å². The first-order valence-corrected chi connectivity index (χ1v) is 8.99. The zero-order valence-corrected chi connectivity index (χ0v) is 15.4. The molecule has 0 fully saturated rings. The van der Waals surface area contributed by atoms with Crippen LogP contribution in [0.4, 0.5) is 4.39 Å². The van der Waals surface area contributed by atoms with Crippen LogP contribution in [0.15, 0.2) is 60.7 Å². The number of amides is 2. The monoisotopic (exact) mass is 394 g/mol. The molecular formula is C22H19FN2O4. The number of rotatable bonds is 7. The molecule has 0 saturated carbocycles. The van der Waals surface area contributed by atoms with Gasteiger partial charge in [-0.15, -0.1) is 0 Å². The Balaban J connectivity index is 1.56. The molecule has 3 aromatic rings. The summed E-state index contributed by atoms with van der Waals surface area (Å²) >= 11 is 0. The van der Waals surface area contributed by atoms with Crippen molar-refractivity contribution in [2.24, 2.45) is 0 Å². The van der Waals surface area contributed by atoms with Crippen LogP contribution in [-0.4, -0.2) is 36.0 Å². The SMILES string of the molecule is O=C(Cc1ccc(F)cc1)NCCNC(=O)c1cc2ccccc2cc1C(=O)O. The number of carboxylic acids is 1. The first-order valence-electron chi connectivity index (χ1n) is 8.99. The number of carbonyl (C=O) groups is 3. The first-order chi connectivity index (χ1) is 13.9. The molecule has 0 atom stereocenters. The molecule has 3 rings (SSSR count). The molecule has 29 heavy (non-hydrogen) atoms. The Morgan fingerprint density at radius 2 is 1.41 bits per heavy atom. The molecule has 0 heterocycles. The van der Waals surface area contributed by atoms with Crippen molar-refractivity contribution in [2.75, 3.05) is 13.1 Å². The fourth-order valence-corrected chi connectivity index (χ4v) is 2.93. The van der Waals surface area contributed by atoms with Gasteiger partial charge in [0, 0.05) is 13.1 Å². The molecule has 6 nitrogen and oxygen atoms in total. The Morgan fingerprint density at radius 1 is 0.828 bits per heavy atom. The number of nitrogens with one attached hydrogen (secondary N) is 2. The predicted molar refractivity (Wildman–Crippen MR) is 106 cm³/mol. The summed E-state index contributed by atoms with van der Waals surface area (Å²) in [5.41, 5.74) is 0.658. The van der Waals surface area contributed by atoms with Crippen LogP contribution in [0.3, 0.4) is 0 Å². The summed E-state index contributed by atoms with van der Waals surface area (Å²) in [5, 5.41) is 16.2. The maximum absolute atomic E-state index is 12.9. The maximum Gasteiger partial charge on any atom is 0.336 e. The molecule has 0 aromatic heterocycles. The Morgan fingerprint density at radius 3 is 2.03 bits per heavy atom. The molecule has 0 saturated heterocycles. The standard InChI is InChI=1S/C22H19FN2O4/c23-17-7-5-14(6-8-17)11-20(26)24-9-10-25-21(27)18-12-15-3-1-2-4-16(15)13-19(18)22(28)29/h1-8,12-13H,9-11H2,(H,24,26)(H,25,27)(H,28,29). The van der Waals surface area contributed by atoms with Gasteiger partial charge in [0.1, 0.15) is 5.82 Å². The van der Waals surface area contributed by atoms with E-state index in [1.54, 1.807) is 30.3 Å². The Bertz CT molecular complexity index is 1060. The summed E-state index contributed by atoms with van der Waals surface area (Å²) in [6.45, 7) is 0.321. The van der Waals surface area contributed by atoms with Gasteiger partial charge < -0.3 is 15.7 Å². The zero-order valence-electron chi connectivity index (χ0n) is 15.4. The van der Waals surface area contributed by atoms with E-state index in [1.807, 2.05) is 0 Å². The molecule has 0 aliphatic heterocycles. The minimum absolute atomic E-state index is 0.0637. The van der Waals surface area contributed by atoms with E-state index in [0.717, 1.165) is 10.8 Å². The van der Waals surface area contributed by atoms with Gasteiger partial charge in [-0.1, -0.05) is 36.4 Å². The largest absolute Gasteiger partial charge is 0.478 e. The van der Waals surface area contributed by atoms with Crippen molar-refractivity contribution >= 4 is 28.6 Å². The van der Waals surface area contributed by atoms with Gasteiger partial charge in [-0.3, -0.25) is 9.59 Å². The normalized spacial score (nSPS) is 10.5. The van der Waals surface area contributed by atoms with Crippen LogP contribution in [0.2, 0.25) is 0 Å². The minimum Gasteiger partial charge on any atom is -0.478 e. The number of carbonyl (C=O) groups excluding carboxylic acids is 2. The fourth-order valence-electron chi connectivity index (χ4n) is 2.93. The van der Waals surface area contributed by atoms with Crippen LogP contribution in [0.1, 0.15) is 26.3 Å². The Kier molecular flexibility index (Phi) is 6.19. The molecule has 0 unspecified atom stereocenters. The lowest BCUT2D eigenvalue weighted by Crippen LogP contribution is -2.35. The van der Waals surface area contributed by atoms with E-state index in [9.17, 15) is 23.9 Å². The highest BCUT2D eigenvalue weighted by Crippen LogP contribution is 2.20. The van der Waals surface area contributed by atoms with Crippen molar-refractivity contribution in [3.63, 3.8) is 0 Å². The van der Waals surface area contributed by atoms with E-state index in [1.165, 1.54) is 30.3 Å². The number of hydrogen-bond acceptors (Lipinski definition) is 3. The van der Waals surface area contributed by atoms with E-state index in [4.69, 9.17) is 0 Å². The van der Waals surface area contributed by atoms with Crippen molar-refractivity contribution in [2.45, 2.75) is 6.42 Å². The minimum atomic E-state index is -1.19. The lowest BCUT2D eigenvalue weighted by molar-refractivity contribution is -0.120. The van der Waals surface area contributed by atoms with E-state index in [2.05, 4.69) is 10.6 Å². The second-order valence-electron chi connectivity index (χ2n) is 6.46. The van der Waals surface area contributed by atoms with E-state index >= 15 is 0 Å². The summed E-state index contributed by atoms with van der Waals surface area (Å²) in [6, 6.07) is 15.8. The maximum atomic E-state index is 12.9. The summed E-state index contributed by atoms with van der Waals surface area (Å²) in [5.74, 6) is -2.34. The first kappa shape index (κ1) is 20.0. The molecule has 3 aromatic carbocycles. The van der Waals surface area contributed by atoms with Crippen LogP contribution < -0.4 is 10.6 Å². The van der Waals surface area contributed by atoms with Crippen LogP contribution in [0.25, 0.3) is 10.8 Å². The smallest absolute Gasteiger partial charge is 0.336 e. The summed E-state index contributed by atoms with van der Waals surface area (Å²) in [4.78, 5) is 35.9. The third-order valence-corrected chi connectivity index (χ3v) is 4.37. The predicted octanol–water partition coefficient (Wildman–Crippen LogP) is 2.77. The number of fused-ring (bicyclic) bond motifs is 1. The molecule has 148 valence electrons. The van der Waals surface area contributed by atoms with Gasteiger partial charge in [-0.2, -0.15) is 0 Å². The topological polar surface area (TPSA) is 95.5 Å². The van der Waals surface area contributed by atoms with Crippen molar-refractivity contribution in [3.8, 4) is 0 Å². The van der Waals surface area contributed by atoms with Crippen LogP contribution in [0, 0.1) is 5.82 Å². The summed E-state index contributed by atoms with van der Waals surface area (Å²) in [7, 11) is 0. The molecule has 7 heteroatoms. The lowest BCUT2D eigenvalue weighted by atomic mass is 10.0. The molecule has 0 radical (unpaired) electrons. The van der Waals surface area contributed by atoms with Crippen molar-refractivity contribution in [3.05, 3.63) is 83.2 Å². The van der Waals surface area contributed by atoms with Crippen molar-refractivity contribution < 1.29 is 23.9 Å². The number of halogens is 1. The highest BCUT2D eigenvalue weighted by molar-refractivity contribution is 6.08. The fraction of sp³-hybridized carbons (Fsp3) is 0.136. The van der Waals surface area contributed by atoms with Gasteiger partial charge in [0.05, 0.1) is 17.5 Å². The van der Waals surface area contributed by atoms with Gasteiger partial charge in [-0.05, 0) is 40.6 Å². The third-order valence-electron chi connectivity index (χ3n) is 4.37. The molecule has 3 N–H and O–H groups in total. The van der Waals surface area contributed by atoms with Crippen LogP contribution in [0.5, 0.6) is 0 Å². The molecular weight excluding hydrogens is 375 g/mol. The second kappa shape index (κ2) is 8.97.